The lowest BCUT2D eigenvalue weighted by Crippen LogP contribution is -2.31. The third kappa shape index (κ3) is 4.61. The van der Waals surface area contributed by atoms with Crippen LogP contribution in [0.5, 0.6) is 0 Å². The van der Waals surface area contributed by atoms with Crippen molar-refractivity contribution in [2.45, 2.75) is 44.0 Å². The molecule has 3 rings (SSSR count). The van der Waals surface area contributed by atoms with E-state index in [0.717, 1.165) is 43.8 Å². The summed E-state index contributed by atoms with van der Waals surface area (Å²) in [6.45, 7) is 1.45. The van der Waals surface area contributed by atoms with Crippen LogP contribution in [0.1, 0.15) is 30.7 Å². The lowest BCUT2D eigenvalue weighted by Gasteiger charge is -2.11. The number of carbonyl (C=O) groups is 1. The quantitative estimate of drug-likeness (QED) is 0.849. The molecule has 0 saturated carbocycles. The number of hydrogen-bond acceptors (Lipinski definition) is 3. The zero-order chi connectivity index (χ0) is 15.9. The maximum absolute atomic E-state index is 12.1. The molecule has 4 nitrogen and oxygen atoms in total. The molecule has 2 aromatic rings. The highest BCUT2D eigenvalue weighted by molar-refractivity contribution is 8.00. The highest BCUT2D eigenvalue weighted by atomic mass is 32.2. The summed E-state index contributed by atoms with van der Waals surface area (Å²) in [6, 6.07) is 10.5. The summed E-state index contributed by atoms with van der Waals surface area (Å²) in [5.41, 5.74) is 1.36. The molecule has 5 heteroatoms. The normalized spacial score (nSPS) is 17.3. The maximum Gasteiger partial charge on any atom is 0.233 e. The van der Waals surface area contributed by atoms with Crippen LogP contribution in [0.3, 0.4) is 0 Å². The Bertz CT molecular complexity index is 620. The highest BCUT2D eigenvalue weighted by Gasteiger charge is 2.23. The van der Waals surface area contributed by atoms with E-state index in [1.54, 1.807) is 11.8 Å². The van der Waals surface area contributed by atoms with Crippen LogP contribution in [-0.4, -0.2) is 26.5 Å². The summed E-state index contributed by atoms with van der Waals surface area (Å²) in [7, 11) is 0. The number of nitrogens with one attached hydrogen (secondary N) is 1. The van der Waals surface area contributed by atoms with Crippen molar-refractivity contribution in [2.24, 2.45) is 0 Å². The molecule has 2 heterocycles. The molecule has 122 valence electrons. The van der Waals surface area contributed by atoms with Crippen LogP contribution >= 0.6 is 11.8 Å². The van der Waals surface area contributed by atoms with Crippen molar-refractivity contribution in [3.8, 4) is 0 Å². The van der Waals surface area contributed by atoms with Crippen LogP contribution in [0.2, 0.25) is 0 Å². The lowest BCUT2D eigenvalue weighted by molar-refractivity contribution is -0.120. The summed E-state index contributed by atoms with van der Waals surface area (Å²) in [4.78, 5) is 16.5. The number of benzene rings is 1. The van der Waals surface area contributed by atoms with E-state index in [4.69, 9.17) is 0 Å². The van der Waals surface area contributed by atoms with Gasteiger partial charge in [-0.25, -0.2) is 4.98 Å². The molecule has 1 aliphatic rings. The van der Waals surface area contributed by atoms with E-state index in [-0.39, 0.29) is 11.2 Å². The number of amides is 1. The number of rotatable bonds is 7. The predicted molar refractivity (Wildman–Crippen MR) is 94.3 cm³/mol. The highest BCUT2D eigenvalue weighted by Crippen LogP contribution is 2.26. The second kappa shape index (κ2) is 8.20. The molecule has 0 aliphatic carbocycles. The van der Waals surface area contributed by atoms with Crippen LogP contribution in [0.4, 0.5) is 0 Å². The van der Waals surface area contributed by atoms with Crippen molar-refractivity contribution in [3.63, 3.8) is 0 Å². The molecule has 1 atom stereocenters. The molecule has 1 amide bonds. The van der Waals surface area contributed by atoms with E-state index in [9.17, 15) is 4.79 Å². The van der Waals surface area contributed by atoms with Crippen LogP contribution in [0, 0.1) is 0 Å². The largest absolute Gasteiger partial charge is 0.348 e. The predicted octanol–water partition coefficient (Wildman–Crippen LogP) is 3.03. The fraction of sp³-hybridized carbons (Fsp3) is 0.444. The molecular weight excluding hydrogens is 306 g/mol. The van der Waals surface area contributed by atoms with Crippen molar-refractivity contribution in [2.75, 3.05) is 5.75 Å². The van der Waals surface area contributed by atoms with Crippen molar-refractivity contribution in [1.29, 1.82) is 0 Å². The van der Waals surface area contributed by atoms with Gasteiger partial charge in [0.15, 0.2) is 0 Å². The van der Waals surface area contributed by atoms with Gasteiger partial charge in [-0.05, 0) is 37.0 Å². The van der Waals surface area contributed by atoms with Gasteiger partial charge in [-0.15, -0.1) is 11.8 Å². The van der Waals surface area contributed by atoms with Crippen molar-refractivity contribution in [3.05, 3.63) is 54.1 Å². The monoisotopic (exact) mass is 329 g/mol. The molecule has 1 saturated heterocycles. The average Bonchev–Trinajstić information content (AvgIpc) is 3.26. The zero-order valence-corrected chi connectivity index (χ0v) is 14.1. The fourth-order valence-electron chi connectivity index (χ4n) is 2.87. The minimum Gasteiger partial charge on any atom is -0.348 e. The van der Waals surface area contributed by atoms with Crippen LogP contribution < -0.4 is 5.32 Å². The lowest BCUT2D eigenvalue weighted by atomic mass is 10.1. The Morgan fingerprint density at radius 3 is 3.00 bits per heavy atom. The van der Waals surface area contributed by atoms with E-state index in [1.807, 2.05) is 18.5 Å². The van der Waals surface area contributed by atoms with Crippen LogP contribution in [-0.2, 0) is 24.3 Å². The molecule has 0 unspecified atom stereocenters. The fourth-order valence-corrected chi connectivity index (χ4v) is 4.06. The summed E-state index contributed by atoms with van der Waals surface area (Å²) in [6.07, 6.45) is 8.09. The summed E-state index contributed by atoms with van der Waals surface area (Å²) in [5, 5.41) is 3.17. The number of imidazole rings is 1. The number of thioether (sulfide) groups is 1. The van der Waals surface area contributed by atoms with Gasteiger partial charge in [-0.1, -0.05) is 30.3 Å². The summed E-state index contributed by atoms with van der Waals surface area (Å²) >= 11 is 1.76. The smallest absolute Gasteiger partial charge is 0.233 e. The molecule has 0 bridgehead atoms. The van der Waals surface area contributed by atoms with Gasteiger partial charge in [0, 0.05) is 18.9 Å². The van der Waals surface area contributed by atoms with Crippen molar-refractivity contribution in [1.82, 2.24) is 14.9 Å². The number of nitrogens with zero attached hydrogens (tertiary/aromatic N) is 2. The van der Waals surface area contributed by atoms with E-state index in [1.165, 1.54) is 5.56 Å². The van der Waals surface area contributed by atoms with Gasteiger partial charge in [0.2, 0.25) is 5.91 Å². The molecule has 1 N–H and O–H groups in total. The zero-order valence-electron chi connectivity index (χ0n) is 13.3. The maximum atomic E-state index is 12.1. The van der Waals surface area contributed by atoms with E-state index >= 15 is 0 Å². The molecule has 1 aromatic carbocycles. The third-order valence-electron chi connectivity index (χ3n) is 4.15. The SMILES string of the molecule is O=C(NCc1nccn1CCCc1ccccc1)[C@H]1CCCS1. The number of aryl methyl sites for hydroxylation is 2. The Morgan fingerprint density at radius 2 is 2.22 bits per heavy atom. The van der Waals surface area contributed by atoms with E-state index in [0.29, 0.717) is 6.54 Å². The van der Waals surface area contributed by atoms with Crippen molar-refractivity contribution >= 4 is 17.7 Å². The standard InChI is InChI=1S/C18H23N3OS/c22-18(16-9-5-13-23-16)20-14-17-19-10-12-21(17)11-4-8-15-6-2-1-3-7-15/h1-3,6-7,10,12,16H,4-5,8-9,11,13-14H2,(H,20,22)/t16-/m1/s1. The summed E-state index contributed by atoms with van der Waals surface area (Å²) < 4.78 is 2.14. The third-order valence-corrected chi connectivity index (χ3v) is 5.53. The van der Waals surface area contributed by atoms with E-state index < -0.39 is 0 Å². The Labute approximate surface area is 141 Å². The van der Waals surface area contributed by atoms with E-state index in [2.05, 4.69) is 39.1 Å². The first-order valence-electron chi connectivity index (χ1n) is 8.26. The minimum atomic E-state index is 0.136. The molecule has 0 spiro atoms. The first-order valence-corrected chi connectivity index (χ1v) is 9.31. The van der Waals surface area contributed by atoms with Crippen LogP contribution in [0.25, 0.3) is 0 Å². The average molecular weight is 329 g/mol. The first-order chi connectivity index (χ1) is 11.3. The van der Waals surface area contributed by atoms with Gasteiger partial charge >= 0.3 is 0 Å². The number of aromatic nitrogens is 2. The van der Waals surface area contributed by atoms with Gasteiger partial charge < -0.3 is 9.88 Å². The van der Waals surface area contributed by atoms with Gasteiger partial charge in [-0.3, -0.25) is 4.79 Å². The summed E-state index contributed by atoms with van der Waals surface area (Å²) in [5.74, 6) is 2.20. The first kappa shape index (κ1) is 16.1. The number of hydrogen-bond donors (Lipinski definition) is 1. The van der Waals surface area contributed by atoms with Crippen LogP contribution in [0.15, 0.2) is 42.7 Å². The molecular formula is C18H23N3OS. The minimum absolute atomic E-state index is 0.136. The van der Waals surface area contributed by atoms with Gasteiger partial charge in [0.05, 0.1) is 11.8 Å². The molecule has 23 heavy (non-hydrogen) atoms. The molecule has 0 radical (unpaired) electrons. The Hall–Kier alpha value is -1.75. The second-order valence-corrected chi connectivity index (χ2v) is 7.16. The molecule has 1 fully saturated rings. The van der Waals surface area contributed by atoms with Crippen molar-refractivity contribution < 1.29 is 4.79 Å². The number of carbonyl (C=O) groups excluding carboxylic acids is 1. The van der Waals surface area contributed by atoms with Gasteiger partial charge in [0.1, 0.15) is 5.82 Å². The Balaban J connectivity index is 1.46. The molecule has 1 aliphatic heterocycles. The topological polar surface area (TPSA) is 46.9 Å². The second-order valence-electron chi connectivity index (χ2n) is 5.85. The van der Waals surface area contributed by atoms with Gasteiger partial charge in [0.25, 0.3) is 0 Å². The van der Waals surface area contributed by atoms with Gasteiger partial charge in [-0.2, -0.15) is 0 Å². The Kier molecular flexibility index (Phi) is 5.75. The molecule has 1 aromatic heterocycles. The Morgan fingerprint density at radius 1 is 1.35 bits per heavy atom.